The summed E-state index contributed by atoms with van der Waals surface area (Å²) in [5, 5.41) is 3.06. The fraction of sp³-hybridized carbons (Fsp3) is 0.143. The van der Waals surface area contributed by atoms with Crippen molar-refractivity contribution >= 4 is 40.8 Å². The van der Waals surface area contributed by atoms with Gasteiger partial charge in [0.15, 0.2) is 11.8 Å². The van der Waals surface area contributed by atoms with Gasteiger partial charge >= 0.3 is 5.97 Å². The van der Waals surface area contributed by atoms with Crippen molar-refractivity contribution in [3.63, 3.8) is 0 Å². The van der Waals surface area contributed by atoms with Crippen molar-refractivity contribution in [2.24, 2.45) is 0 Å². The van der Waals surface area contributed by atoms with Crippen LogP contribution in [0.25, 0.3) is 0 Å². The second kappa shape index (κ2) is 7.20. The number of amides is 1. The highest BCUT2D eigenvalue weighted by Gasteiger charge is 2.20. The minimum atomic E-state index is -1.04. The molecule has 22 heavy (non-hydrogen) atoms. The molecule has 1 aromatic carbocycles. The van der Waals surface area contributed by atoms with E-state index < -0.39 is 18.0 Å². The quantitative estimate of drug-likeness (QED) is 0.866. The van der Waals surface area contributed by atoms with E-state index in [1.165, 1.54) is 25.5 Å². The summed E-state index contributed by atoms with van der Waals surface area (Å²) in [5.41, 5.74) is 0.351. The topological polar surface area (TPSA) is 81.2 Å². The van der Waals surface area contributed by atoms with Gasteiger partial charge in [-0.15, -0.1) is 0 Å². The van der Waals surface area contributed by atoms with E-state index in [1.54, 1.807) is 18.2 Å². The summed E-state index contributed by atoms with van der Waals surface area (Å²) in [5.74, 6) is -1.28. The van der Waals surface area contributed by atoms with Crippen LogP contribution in [-0.2, 0) is 9.53 Å². The Morgan fingerprint density at radius 3 is 2.73 bits per heavy atom. The molecule has 0 saturated heterocycles. The van der Waals surface area contributed by atoms with Gasteiger partial charge in [-0.1, -0.05) is 29.3 Å². The van der Waals surface area contributed by atoms with E-state index in [9.17, 15) is 9.59 Å². The molecule has 0 bridgehead atoms. The zero-order chi connectivity index (χ0) is 16.1. The van der Waals surface area contributed by atoms with E-state index in [1.807, 2.05) is 0 Å². The van der Waals surface area contributed by atoms with Gasteiger partial charge in [-0.05, 0) is 19.1 Å². The fourth-order valence-electron chi connectivity index (χ4n) is 1.51. The number of nitrogens with zero attached hydrogens (tertiary/aromatic N) is 2. The monoisotopic (exact) mass is 339 g/mol. The highest BCUT2D eigenvalue weighted by molar-refractivity contribution is 6.44. The van der Waals surface area contributed by atoms with E-state index >= 15 is 0 Å². The first-order chi connectivity index (χ1) is 10.5. The molecule has 2 aromatic rings. The molecule has 1 aromatic heterocycles. The number of aromatic nitrogens is 2. The number of ether oxygens (including phenoxy) is 1. The van der Waals surface area contributed by atoms with E-state index in [-0.39, 0.29) is 10.7 Å². The third-order valence-electron chi connectivity index (χ3n) is 2.63. The number of rotatable bonds is 4. The second-order valence-corrected chi connectivity index (χ2v) is 5.01. The van der Waals surface area contributed by atoms with Gasteiger partial charge in [0, 0.05) is 12.4 Å². The van der Waals surface area contributed by atoms with Gasteiger partial charge in [0.2, 0.25) is 0 Å². The van der Waals surface area contributed by atoms with E-state index in [2.05, 4.69) is 15.3 Å². The standard InChI is InChI=1S/C14H11Cl2N3O3/c1-8(22-14(21)11-7-17-5-6-18-11)13(20)19-10-4-2-3-9(15)12(10)16/h2-8H,1H3,(H,19,20). The first-order valence-corrected chi connectivity index (χ1v) is 6.96. The molecule has 0 aliphatic carbocycles. The van der Waals surface area contributed by atoms with Gasteiger partial charge < -0.3 is 10.1 Å². The highest BCUT2D eigenvalue weighted by Crippen LogP contribution is 2.29. The largest absolute Gasteiger partial charge is 0.448 e. The molecule has 8 heteroatoms. The molecule has 1 N–H and O–H groups in total. The Morgan fingerprint density at radius 2 is 2.05 bits per heavy atom. The summed E-state index contributed by atoms with van der Waals surface area (Å²) in [4.78, 5) is 31.3. The molecule has 1 amide bonds. The van der Waals surface area contributed by atoms with Crippen LogP contribution >= 0.6 is 23.2 Å². The van der Waals surface area contributed by atoms with Crippen molar-refractivity contribution in [3.05, 3.63) is 52.5 Å². The number of hydrogen-bond donors (Lipinski definition) is 1. The molecule has 0 saturated carbocycles. The first-order valence-electron chi connectivity index (χ1n) is 6.21. The van der Waals surface area contributed by atoms with Crippen molar-refractivity contribution in [3.8, 4) is 0 Å². The first kappa shape index (κ1) is 16.2. The van der Waals surface area contributed by atoms with Crippen LogP contribution in [0, 0.1) is 0 Å². The number of hydrogen-bond acceptors (Lipinski definition) is 5. The van der Waals surface area contributed by atoms with Crippen LogP contribution in [0.5, 0.6) is 0 Å². The normalized spacial score (nSPS) is 11.6. The average molecular weight is 340 g/mol. The summed E-state index contributed by atoms with van der Waals surface area (Å²) in [6.07, 6.45) is 2.99. The van der Waals surface area contributed by atoms with Crippen molar-refractivity contribution in [1.82, 2.24) is 9.97 Å². The summed E-state index contributed by atoms with van der Waals surface area (Å²) in [6.45, 7) is 1.43. The zero-order valence-corrected chi connectivity index (χ0v) is 12.9. The second-order valence-electron chi connectivity index (χ2n) is 4.23. The van der Waals surface area contributed by atoms with Crippen molar-refractivity contribution in [1.29, 1.82) is 0 Å². The summed E-state index contributed by atoms with van der Waals surface area (Å²) < 4.78 is 5.01. The molecule has 0 aliphatic heterocycles. The lowest BCUT2D eigenvalue weighted by Crippen LogP contribution is -2.30. The number of carbonyl (C=O) groups excluding carboxylic acids is 2. The van der Waals surface area contributed by atoms with Crippen molar-refractivity contribution < 1.29 is 14.3 Å². The van der Waals surface area contributed by atoms with Gasteiger partial charge in [-0.2, -0.15) is 0 Å². The van der Waals surface area contributed by atoms with Crippen LogP contribution in [0.4, 0.5) is 5.69 Å². The molecule has 1 heterocycles. The van der Waals surface area contributed by atoms with Gasteiger partial charge in [-0.25, -0.2) is 9.78 Å². The predicted molar refractivity (Wildman–Crippen MR) is 82.0 cm³/mol. The van der Waals surface area contributed by atoms with Gasteiger partial charge in [0.25, 0.3) is 5.91 Å². The molecule has 114 valence electrons. The number of halogens is 2. The molecule has 6 nitrogen and oxygen atoms in total. The lowest BCUT2D eigenvalue weighted by Gasteiger charge is -2.14. The number of benzene rings is 1. The van der Waals surface area contributed by atoms with E-state index in [4.69, 9.17) is 27.9 Å². The van der Waals surface area contributed by atoms with Crippen molar-refractivity contribution in [2.75, 3.05) is 5.32 Å². The zero-order valence-electron chi connectivity index (χ0n) is 11.4. The molecule has 0 aliphatic rings. The Kier molecular flexibility index (Phi) is 5.30. The van der Waals surface area contributed by atoms with Gasteiger partial charge in [-0.3, -0.25) is 9.78 Å². The summed E-state index contributed by atoms with van der Waals surface area (Å²) >= 11 is 11.8. The van der Waals surface area contributed by atoms with Gasteiger partial charge in [0.1, 0.15) is 0 Å². The van der Waals surface area contributed by atoms with Crippen LogP contribution in [-0.4, -0.2) is 27.9 Å². The Labute approximate surface area is 136 Å². The maximum Gasteiger partial charge on any atom is 0.359 e. The lowest BCUT2D eigenvalue weighted by atomic mass is 10.3. The van der Waals surface area contributed by atoms with Crippen LogP contribution in [0.15, 0.2) is 36.8 Å². The molecule has 1 unspecified atom stereocenters. The Balaban J connectivity index is 2.01. The van der Waals surface area contributed by atoms with Gasteiger partial charge in [0.05, 0.1) is 21.9 Å². The Bertz CT molecular complexity index is 695. The van der Waals surface area contributed by atoms with E-state index in [0.717, 1.165) is 0 Å². The molecular formula is C14H11Cl2N3O3. The number of nitrogens with one attached hydrogen (secondary N) is 1. The smallest absolute Gasteiger partial charge is 0.359 e. The molecule has 1 atom stereocenters. The number of esters is 1. The SMILES string of the molecule is CC(OC(=O)c1cnccn1)C(=O)Nc1cccc(Cl)c1Cl. The molecule has 0 fully saturated rings. The predicted octanol–water partition coefficient (Wildman–Crippen LogP) is 2.97. The van der Waals surface area contributed by atoms with Crippen LogP contribution in [0.3, 0.4) is 0 Å². The Morgan fingerprint density at radius 1 is 1.27 bits per heavy atom. The minimum absolute atomic E-state index is 0.0166. The number of carbonyl (C=O) groups is 2. The minimum Gasteiger partial charge on any atom is -0.448 e. The summed E-state index contributed by atoms with van der Waals surface area (Å²) in [7, 11) is 0. The third kappa shape index (κ3) is 3.93. The summed E-state index contributed by atoms with van der Waals surface area (Å²) in [6, 6.07) is 4.82. The Hall–Kier alpha value is -2.18. The molecule has 0 spiro atoms. The maximum absolute atomic E-state index is 12.0. The molecule has 2 rings (SSSR count). The number of anilines is 1. The lowest BCUT2D eigenvalue weighted by molar-refractivity contribution is -0.123. The fourth-order valence-corrected chi connectivity index (χ4v) is 1.86. The third-order valence-corrected chi connectivity index (χ3v) is 3.45. The van der Waals surface area contributed by atoms with Crippen LogP contribution in [0.1, 0.15) is 17.4 Å². The van der Waals surface area contributed by atoms with Crippen molar-refractivity contribution in [2.45, 2.75) is 13.0 Å². The molecule has 0 radical (unpaired) electrons. The van der Waals surface area contributed by atoms with Crippen LogP contribution < -0.4 is 5.32 Å². The molecular weight excluding hydrogens is 329 g/mol. The van der Waals surface area contributed by atoms with Crippen LogP contribution in [0.2, 0.25) is 10.0 Å². The highest BCUT2D eigenvalue weighted by atomic mass is 35.5. The maximum atomic E-state index is 12.0. The van der Waals surface area contributed by atoms with E-state index in [0.29, 0.717) is 10.7 Å². The average Bonchev–Trinajstić information content (AvgIpc) is 2.52.